The molecule has 1 fully saturated rings. The Hall–Kier alpha value is -1.82. The fourth-order valence-electron chi connectivity index (χ4n) is 2.91. The molecular formula is C17H16F2O3. The third kappa shape index (κ3) is 2.63. The first-order chi connectivity index (χ1) is 10.5. The van der Waals surface area contributed by atoms with Crippen LogP contribution in [-0.4, -0.2) is 22.9 Å². The van der Waals surface area contributed by atoms with Gasteiger partial charge in [0.1, 0.15) is 23.3 Å². The van der Waals surface area contributed by atoms with Crippen molar-refractivity contribution < 1.29 is 23.7 Å². The van der Waals surface area contributed by atoms with Crippen molar-refractivity contribution in [1.82, 2.24) is 0 Å². The number of hydrogen-bond acceptors (Lipinski definition) is 3. The largest absolute Gasteiger partial charge is 0.394 e. The molecule has 0 radical (unpaired) electrons. The molecule has 22 heavy (non-hydrogen) atoms. The number of halogens is 2. The monoisotopic (exact) mass is 306 g/mol. The molecule has 5 heteroatoms. The SMILES string of the molecule is OC[C@H]1C[C@](O)(c2ccc(F)cc2)[C@@H](c2ccc(F)cc2)O1. The Morgan fingerprint density at radius 2 is 1.55 bits per heavy atom. The van der Waals surface area contributed by atoms with E-state index < -0.39 is 23.6 Å². The highest BCUT2D eigenvalue weighted by Gasteiger charge is 2.49. The lowest BCUT2D eigenvalue weighted by Gasteiger charge is -2.29. The van der Waals surface area contributed by atoms with Crippen LogP contribution < -0.4 is 0 Å². The van der Waals surface area contributed by atoms with E-state index in [1.165, 1.54) is 48.5 Å². The fourth-order valence-corrected chi connectivity index (χ4v) is 2.91. The molecule has 2 aromatic carbocycles. The van der Waals surface area contributed by atoms with Crippen molar-refractivity contribution in [2.75, 3.05) is 6.61 Å². The Bertz CT molecular complexity index is 642. The van der Waals surface area contributed by atoms with Gasteiger partial charge in [0.05, 0.1) is 12.7 Å². The quantitative estimate of drug-likeness (QED) is 0.916. The molecule has 3 nitrogen and oxygen atoms in total. The van der Waals surface area contributed by atoms with E-state index in [0.29, 0.717) is 11.1 Å². The summed E-state index contributed by atoms with van der Waals surface area (Å²) in [4.78, 5) is 0. The Morgan fingerprint density at radius 1 is 1.00 bits per heavy atom. The summed E-state index contributed by atoms with van der Waals surface area (Å²) >= 11 is 0. The Labute approximate surface area is 126 Å². The zero-order chi connectivity index (χ0) is 15.7. The molecule has 3 atom stereocenters. The topological polar surface area (TPSA) is 49.7 Å². The Kier molecular flexibility index (Phi) is 3.95. The van der Waals surface area contributed by atoms with Crippen LogP contribution in [0.25, 0.3) is 0 Å². The summed E-state index contributed by atoms with van der Waals surface area (Å²) in [5.74, 6) is -0.783. The lowest BCUT2D eigenvalue weighted by molar-refractivity contribution is -0.0595. The van der Waals surface area contributed by atoms with Gasteiger partial charge in [0.2, 0.25) is 0 Å². The smallest absolute Gasteiger partial charge is 0.123 e. The third-order valence-electron chi connectivity index (χ3n) is 4.02. The Morgan fingerprint density at radius 3 is 2.09 bits per heavy atom. The van der Waals surface area contributed by atoms with E-state index in [2.05, 4.69) is 0 Å². The van der Waals surface area contributed by atoms with Gasteiger partial charge in [-0.1, -0.05) is 24.3 Å². The summed E-state index contributed by atoms with van der Waals surface area (Å²) in [6.07, 6.45) is -1.11. The first-order valence-corrected chi connectivity index (χ1v) is 7.03. The van der Waals surface area contributed by atoms with E-state index in [-0.39, 0.29) is 18.8 Å². The molecule has 1 aliphatic rings. The first kappa shape index (κ1) is 15.1. The number of ether oxygens (including phenoxy) is 1. The van der Waals surface area contributed by atoms with Crippen LogP contribution in [0.2, 0.25) is 0 Å². The van der Waals surface area contributed by atoms with Crippen LogP contribution >= 0.6 is 0 Å². The molecular weight excluding hydrogens is 290 g/mol. The zero-order valence-corrected chi connectivity index (χ0v) is 11.7. The van der Waals surface area contributed by atoms with Crippen LogP contribution in [0.3, 0.4) is 0 Å². The summed E-state index contributed by atoms with van der Waals surface area (Å²) in [5, 5.41) is 20.4. The highest BCUT2D eigenvalue weighted by atomic mass is 19.1. The second kappa shape index (κ2) is 5.76. The van der Waals surface area contributed by atoms with Crippen LogP contribution in [0.1, 0.15) is 23.7 Å². The summed E-state index contributed by atoms with van der Waals surface area (Å²) < 4.78 is 31.9. The lowest BCUT2D eigenvalue weighted by Crippen LogP contribution is -2.29. The molecule has 0 aliphatic carbocycles. The third-order valence-corrected chi connectivity index (χ3v) is 4.02. The van der Waals surface area contributed by atoms with Crippen molar-refractivity contribution in [3.63, 3.8) is 0 Å². The Balaban J connectivity index is 2.01. The van der Waals surface area contributed by atoms with Gasteiger partial charge in [0.15, 0.2) is 0 Å². The van der Waals surface area contributed by atoms with Gasteiger partial charge >= 0.3 is 0 Å². The summed E-state index contributed by atoms with van der Waals surface area (Å²) in [6.45, 7) is -0.235. The minimum atomic E-state index is -1.40. The molecule has 116 valence electrons. The average molecular weight is 306 g/mol. The maximum absolute atomic E-state index is 13.1. The van der Waals surface area contributed by atoms with E-state index in [1.807, 2.05) is 0 Å². The van der Waals surface area contributed by atoms with Crippen molar-refractivity contribution in [2.24, 2.45) is 0 Å². The van der Waals surface area contributed by atoms with Crippen molar-refractivity contribution in [2.45, 2.75) is 24.2 Å². The molecule has 1 heterocycles. The zero-order valence-electron chi connectivity index (χ0n) is 11.7. The standard InChI is InChI=1S/C17H16F2O3/c18-13-5-1-11(2-6-13)16-17(21,9-15(10-20)22-16)12-3-7-14(19)8-4-12/h1-8,15-16,20-21H,9-10H2/t15-,16-,17+/m1/s1. The van der Waals surface area contributed by atoms with E-state index in [1.54, 1.807) is 0 Å². The molecule has 2 N–H and O–H groups in total. The molecule has 1 aliphatic heterocycles. The lowest BCUT2D eigenvalue weighted by atomic mass is 9.83. The predicted molar refractivity (Wildman–Crippen MR) is 76.0 cm³/mol. The molecule has 0 spiro atoms. The highest BCUT2D eigenvalue weighted by molar-refractivity contribution is 5.32. The molecule has 0 bridgehead atoms. The van der Waals surface area contributed by atoms with Crippen LogP contribution in [-0.2, 0) is 10.3 Å². The molecule has 1 saturated heterocycles. The first-order valence-electron chi connectivity index (χ1n) is 7.03. The fraction of sp³-hybridized carbons (Fsp3) is 0.294. The van der Waals surface area contributed by atoms with Gasteiger partial charge in [-0.15, -0.1) is 0 Å². The molecule has 0 aromatic heterocycles. The normalized spacial score (nSPS) is 28.0. The van der Waals surface area contributed by atoms with Crippen molar-refractivity contribution >= 4 is 0 Å². The minimum absolute atomic E-state index is 0.178. The van der Waals surface area contributed by atoms with Crippen LogP contribution in [0.15, 0.2) is 48.5 Å². The van der Waals surface area contributed by atoms with Gasteiger partial charge in [0.25, 0.3) is 0 Å². The van der Waals surface area contributed by atoms with Gasteiger partial charge in [-0.05, 0) is 35.4 Å². The van der Waals surface area contributed by atoms with E-state index in [0.717, 1.165) is 0 Å². The van der Waals surface area contributed by atoms with Crippen LogP contribution in [0, 0.1) is 11.6 Å². The molecule has 0 unspecified atom stereocenters. The van der Waals surface area contributed by atoms with Gasteiger partial charge in [-0.3, -0.25) is 0 Å². The molecule has 3 rings (SSSR count). The molecule has 0 saturated carbocycles. The van der Waals surface area contributed by atoms with E-state index in [9.17, 15) is 19.0 Å². The average Bonchev–Trinajstić information content (AvgIpc) is 2.87. The van der Waals surface area contributed by atoms with Crippen LogP contribution in [0.5, 0.6) is 0 Å². The summed E-state index contributed by atoms with van der Waals surface area (Å²) in [6, 6.07) is 11.2. The van der Waals surface area contributed by atoms with Crippen molar-refractivity contribution in [1.29, 1.82) is 0 Å². The maximum atomic E-state index is 13.1. The van der Waals surface area contributed by atoms with Gasteiger partial charge in [-0.25, -0.2) is 8.78 Å². The molecule has 2 aromatic rings. The summed E-state index contributed by atoms with van der Waals surface area (Å²) in [7, 11) is 0. The van der Waals surface area contributed by atoms with Crippen molar-refractivity contribution in [3.05, 3.63) is 71.3 Å². The number of hydrogen-bond donors (Lipinski definition) is 2. The molecule has 0 amide bonds. The van der Waals surface area contributed by atoms with Gasteiger partial charge in [-0.2, -0.15) is 0 Å². The van der Waals surface area contributed by atoms with Gasteiger partial charge in [0, 0.05) is 6.42 Å². The van der Waals surface area contributed by atoms with Crippen molar-refractivity contribution in [3.8, 4) is 0 Å². The highest BCUT2D eigenvalue weighted by Crippen LogP contribution is 2.48. The minimum Gasteiger partial charge on any atom is -0.394 e. The number of rotatable bonds is 3. The number of aliphatic hydroxyl groups excluding tert-OH is 1. The van der Waals surface area contributed by atoms with E-state index in [4.69, 9.17) is 4.74 Å². The maximum Gasteiger partial charge on any atom is 0.123 e. The number of benzene rings is 2. The van der Waals surface area contributed by atoms with Gasteiger partial charge < -0.3 is 14.9 Å². The second-order valence-corrected chi connectivity index (χ2v) is 5.51. The second-order valence-electron chi connectivity index (χ2n) is 5.51. The van der Waals surface area contributed by atoms with E-state index >= 15 is 0 Å². The predicted octanol–water partition coefficient (Wildman–Crippen LogP) is 2.67. The number of aliphatic hydroxyl groups is 2. The summed E-state index contributed by atoms with van der Waals surface area (Å²) in [5.41, 5.74) is -0.304. The van der Waals surface area contributed by atoms with Crippen LogP contribution in [0.4, 0.5) is 8.78 Å².